The molecule has 6 nitrogen and oxygen atoms in total. The zero-order valence-electron chi connectivity index (χ0n) is 8.80. The molecule has 0 fully saturated rings. The maximum atomic E-state index is 11.5. The topological polar surface area (TPSA) is 97.8 Å². The second-order valence-electron chi connectivity index (χ2n) is 3.52. The Morgan fingerprint density at radius 1 is 1.62 bits per heavy atom. The molecular formula is C10H12N4O2. The van der Waals surface area contributed by atoms with E-state index < -0.39 is 0 Å². The van der Waals surface area contributed by atoms with Crippen LogP contribution in [0.3, 0.4) is 0 Å². The standard InChI is InChI=1S/C10H12N4O2/c1-6(4-11)9-13-10(16-14-9)7-5-12-3-2-8(7)15/h2-3,5-6H,4,11H2,1H3,(H,12,15). The van der Waals surface area contributed by atoms with Gasteiger partial charge in [-0.2, -0.15) is 4.98 Å². The summed E-state index contributed by atoms with van der Waals surface area (Å²) in [5.41, 5.74) is 5.70. The monoisotopic (exact) mass is 220 g/mol. The molecule has 1 unspecified atom stereocenters. The Balaban J connectivity index is 2.39. The van der Waals surface area contributed by atoms with Crippen LogP contribution in [-0.2, 0) is 0 Å². The van der Waals surface area contributed by atoms with Gasteiger partial charge < -0.3 is 15.2 Å². The first-order valence-corrected chi connectivity index (χ1v) is 4.93. The molecule has 6 heteroatoms. The number of nitrogens with one attached hydrogen (secondary N) is 1. The molecule has 0 aromatic carbocycles. The van der Waals surface area contributed by atoms with Gasteiger partial charge in [-0.3, -0.25) is 4.79 Å². The average Bonchev–Trinajstić information content (AvgIpc) is 2.78. The van der Waals surface area contributed by atoms with E-state index in [1.165, 1.54) is 12.3 Å². The highest BCUT2D eigenvalue weighted by molar-refractivity contribution is 5.50. The van der Waals surface area contributed by atoms with Crippen LogP contribution >= 0.6 is 0 Å². The van der Waals surface area contributed by atoms with E-state index in [1.807, 2.05) is 6.92 Å². The normalized spacial score (nSPS) is 12.6. The summed E-state index contributed by atoms with van der Waals surface area (Å²) in [5.74, 6) is 0.748. The van der Waals surface area contributed by atoms with E-state index in [4.69, 9.17) is 10.3 Å². The molecule has 84 valence electrons. The first-order chi connectivity index (χ1) is 7.72. The Hall–Kier alpha value is -1.95. The Morgan fingerprint density at radius 2 is 2.44 bits per heavy atom. The third-order valence-electron chi connectivity index (χ3n) is 2.29. The molecule has 2 aromatic rings. The van der Waals surface area contributed by atoms with Crippen molar-refractivity contribution in [2.45, 2.75) is 12.8 Å². The lowest BCUT2D eigenvalue weighted by molar-refractivity contribution is 0.417. The predicted molar refractivity (Wildman–Crippen MR) is 57.8 cm³/mol. The van der Waals surface area contributed by atoms with Crippen LogP contribution in [0.5, 0.6) is 0 Å². The summed E-state index contributed by atoms with van der Waals surface area (Å²) < 4.78 is 5.02. The molecule has 0 aliphatic carbocycles. The maximum absolute atomic E-state index is 11.5. The van der Waals surface area contributed by atoms with Crippen LogP contribution < -0.4 is 11.2 Å². The molecule has 0 saturated heterocycles. The van der Waals surface area contributed by atoms with E-state index in [-0.39, 0.29) is 17.2 Å². The van der Waals surface area contributed by atoms with Crippen molar-refractivity contribution < 1.29 is 4.52 Å². The van der Waals surface area contributed by atoms with Gasteiger partial charge in [-0.25, -0.2) is 0 Å². The summed E-state index contributed by atoms with van der Waals surface area (Å²) in [4.78, 5) is 18.4. The summed E-state index contributed by atoms with van der Waals surface area (Å²) in [7, 11) is 0. The van der Waals surface area contributed by atoms with Crippen LogP contribution in [-0.4, -0.2) is 21.7 Å². The van der Waals surface area contributed by atoms with Gasteiger partial charge in [-0.05, 0) is 0 Å². The lowest BCUT2D eigenvalue weighted by Gasteiger charge is -1.98. The van der Waals surface area contributed by atoms with Crippen molar-refractivity contribution in [3.8, 4) is 11.5 Å². The predicted octanol–water partition coefficient (Wildman–Crippen LogP) is 0.487. The summed E-state index contributed by atoms with van der Waals surface area (Å²) in [6.45, 7) is 2.33. The van der Waals surface area contributed by atoms with Crippen molar-refractivity contribution in [1.82, 2.24) is 15.1 Å². The Morgan fingerprint density at radius 3 is 3.12 bits per heavy atom. The van der Waals surface area contributed by atoms with Crippen LogP contribution in [0.15, 0.2) is 27.8 Å². The lowest BCUT2D eigenvalue weighted by Crippen LogP contribution is -2.10. The van der Waals surface area contributed by atoms with E-state index in [1.54, 1.807) is 6.20 Å². The minimum atomic E-state index is -0.158. The molecule has 2 heterocycles. The Labute approximate surface area is 91.5 Å². The highest BCUT2D eigenvalue weighted by Gasteiger charge is 2.15. The van der Waals surface area contributed by atoms with E-state index >= 15 is 0 Å². The fourth-order valence-electron chi connectivity index (χ4n) is 1.23. The minimum Gasteiger partial charge on any atom is -0.367 e. The first-order valence-electron chi connectivity index (χ1n) is 4.93. The minimum absolute atomic E-state index is 0.0142. The number of rotatable bonds is 3. The van der Waals surface area contributed by atoms with E-state index in [0.717, 1.165) is 0 Å². The molecule has 0 saturated carbocycles. The molecule has 0 radical (unpaired) electrons. The maximum Gasteiger partial charge on any atom is 0.263 e. The zero-order valence-corrected chi connectivity index (χ0v) is 8.80. The summed E-state index contributed by atoms with van der Waals surface area (Å²) in [5, 5.41) is 3.79. The highest BCUT2D eigenvalue weighted by Crippen LogP contribution is 2.15. The van der Waals surface area contributed by atoms with Crippen molar-refractivity contribution in [3.63, 3.8) is 0 Å². The van der Waals surface area contributed by atoms with Crippen LogP contribution in [0.2, 0.25) is 0 Å². The quantitative estimate of drug-likeness (QED) is 0.784. The van der Waals surface area contributed by atoms with Gasteiger partial charge in [0.25, 0.3) is 5.89 Å². The third kappa shape index (κ3) is 1.87. The second-order valence-corrected chi connectivity index (χ2v) is 3.52. The summed E-state index contributed by atoms with van der Waals surface area (Å²) >= 11 is 0. The molecule has 1 atom stereocenters. The van der Waals surface area contributed by atoms with Crippen LogP contribution in [0, 0.1) is 0 Å². The first kappa shape index (κ1) is 10.6. The van der Waals surface area contributed by atoms with Gasteiger partial charge in [0.15, 0.2) is 11.3 Å². The number of hydrogen-bond donors (Lipinski definition) is 2. The molecule has 0 aliphatic rings. The van der Waals surface area contributed by atoms with E-state index in [2.05, 4.69) is 15.1 Å². The van der Waals surface area contributed by atoms with Gasteiger partial charge in [0.1, 0.15) is 5.56 Å². The number of pyridine rings is 1. The van der Waals surface area contributed by atoms with Gasteiger partial charge in [-0.1, -0.05) is 12.1 Å². The highest BCUT2D eigenvalue weighted by atomic mass is 16.5. The van der Waals surface area contributed by atoms with Gasteiger partial charge in [-0.15, -0.1) is 0 Å². The molecule has 2 rings (SSSR count). The molecule has 0 aliphatic heterocycles. The molecule has 16 heavy (non-hydrogen) atoms. The molecule has 0 spiro atoms. The molecule has 0 amide bonds. The van der Waals surface area contributed by atoms with Gasteiger partial charge >= 0.3 is 0 Å². The number of nitrogens with two attached hydrogens (primary N) is 1. The fourth-order valence-corrected chi connectivity index (χ4v) is 1.23. The smallest absolute Gasteiger partial charge is 0.263 e. The zero-order chi connectivity index (χ0) is 11.5. The summed E-state index contributed by atoms with van der Waals surface area (Å²) in [6, 6.07) is 1.41. The van der Waals surface area contributed by atoms with Gasteiger partial charge in [0.2, 0.25) is 0 Å². The fraction of sp³-hybridized carbons (Fsp3) is 0.300. The van der Waals surface area contributed by atoms with Crippen molar-refractivity contribution in [1.29, 1.82) is 0 Å². The van der Waals surface area contributed by atoms with Crippen LogP contribution in [0.4, 0.5) is 0 Å². The largest absolute Gasteiger partial charge is 0.367 e. The van der Waals surface area contributed by atoms with Crippen molar-refractivity contribution >= 4 is 0 Å². The van der Waals surface area contributed by atoms with Crippen LogP contribution in [0.25, 0.3) is 11.5 Å². The number of aromatic nitrogens is 3. The molecule has 0 bridgehead atoms. The molecular weight excluding hydrogens is 208 g/mol. The number of H-pyrrole nitrogens is 1. The van der Waals surface area contributed by atoms with Crippen molar-refractivity contribution in [2.24, 2.45) is 5.73 Å². The second kappa shape index (κ2) is 4.28. The average molecular weight is 220 g/mol. The van der Waals surface area contributed by atoms with E-state index in [9.17, 15) is 4.79 Å². The number of nitrogens with zero attached hydrogens (tertiary/aromatic N) is 2. The van der Waals surface area contributed by atoms with Gasteiger partial charge in [0.05, 0.1) is 0 Å². The SMILES string of the molecule is CC(CN)c1noc(-c2c[nH]ccc2=O)n1. The Kier molecular flexibility index (Phi) is 2.82. The summed E-state index contributed by atoms with van der Waals surface area (Å²) in [6.07, 6.45) is 3.08. The number of aromatic amines is 1. The third-order valence-corrected chi connectivity index (χ3v) is 2.29. The van der Waals surface area contributed by atoms with Crippen LogP contribution in [0.1, 0.15) is 18.7 Å². The molecule has 3 N–H and O–H groups in total. The lowest BCUT2D eigenvalue weighted by atomic mass is 10.2. The van der Waals surface area contributed by atoms with Crippen molar-refractivity contribution in [2.75, 3.05) is 6.54 Å². The van der Waals surface area contributed by atoms with Gasteiger partial charge in [0, 0.05) is 30.9 Å². The van der Waals surface area contributed by atoms with Crippen molar-refractivity contribution in [3.05, 3.63) is 34.5 Å². The Bertz CT molecular complexity index is 531. The number of hydrogen-bond acceptors (Lipinski definition) is 5. The van der Waals surface area contributed by atoms with E-state index in [0.29, 0.717) is 17.9 Å². The molecule has 2 aromatic heterocycles.